The number of hydrogen-bond donors (Lipinski definition) is 3. The van der Waals surface area contributed by atoms with Crippen LogP contribution in [0.15, 0.2) is 24.3 Å². The molecule has 1 aromatic rings. The fourth-order valence-electron chi connectivity index (χ4n) is 1.68. The van der Waals surface area contributed by atoms with Gasteiger partial charge in [0, 0.05) is 11.6 Å². The Morgan fingerprint density at radius 3 is 2.43 bits per heavy atom. The van der Waals surface area contributed by atoms with E-state index in [1.807, 2.05) is 19.1 Å². The normalized spacial score (nSPS) is 11.3. The number of hydrogen-bond acceptors (Lipinski definition) is 3. The lowest BCUT2D eigenvalue weighted by Crippen LogP contribution is -2.42. The van der Waals surface area contributed by atoms with Gasteiger partial charge in [-0.25, -0.2) is 0 Å². The fraction of sp³-hybridized carbons (Fsp3) is 0.429. The highest BCUT2D eigenvalue weighted by molar-refractivity contribution is 6.30. The first-order valence-corrected chi connectivity index (χ1v) is 6.88. The summed E-state index contributed by atoms with van der Waals surface area (Å²) in [6.45, 7) is 2.28. The molecule has 1 atom stereocenters. The molecular weight excluding hydrogens is 315 g/mol. The average molecular weight is 335 g/mol. The lowest BCUT2D eigenvalue weighted by atomic mass is 10.1. The molecule has 7 heteroatoms. The Balaban J connectivity index is 0.00000400. The zero-order chi connectivity index (χ0) is 15.0. The molecule has 1 aromatic carbocycles. The maximum Gasteiger partial charge on any atom is 0.320 e. The first kappa shape index (κ1) is 19.7. The first-order valence-electron chi connectivity index (χ1n) is 6.50. The van der Waals surface area contributed by atoms with Crippen LogP contribution in [0.25, 0.3) is 0 Å². The van der Waals surface area contributed by atoms with Crippen LogP contribution in [0.2, 0.25) is 5.02 Å². The Kier molecular flexibility index (Phi) is 9.78. The highest BCUT2D eigenvalue weighted by atomic mass is 35.5. The van der Waals surface area contributed by atoms with Crippen LogP contribution >= 0.6 is 24.0 Å². The van der Waals surface area contributed by atoms with Crippen LogP contribution in [0.1, 0.15) is 25.3 Å². The molecule has 0 radical (unpaired) electrons. The molecule has 21 heavy (non-hydrogen) atoms. The molecule has 118 valence electrons. The van der Waals surface area contributed by atoms with Crippen molar-refractivity contribution in [2.24, 2.45) is 0 Å². The predicted molar refractivity (Wildman–Crippen MR) is 84.9 cm³/mol. The van der Waals surface area contributed by atoms with Gasteiger partial charge >= 0.3 is 5.97 Å². The van der Waals surface area contributed by atoms with Crippen LogP contribution in [-0.2, 0) is 16.1 Å². The van der Waals surface area contributed by atoms with E-state index < -0.39 is 12.0 Å². The van der Waals surface area contributed by atoms with Gasteiger partial charge in [0.15, 0.2) is 0 Å². The lowest BCUT2D eigenvalue weighted by Gasteiger charge is -2.13. The number of halogens is 2. The molecule has 0 heterocycles. The molecule has 1 rings (SSSR count). The summed E-state index contributed by atoms with van der Waals surface area (Å²) in [6.07, 6.45) is 1.25. The quantitative estimate of drug-likeness (QED) is 0.681. The number of carboxylic acids is 1. The van der Waals surface area contributed by atoms with Crippen LogP contribution in [0.3, 0.4) is 0 Å². The molecule has 1 unspecified atom stereocenters. The molecular formula is C14H20Cl2N2O3. The van der Waals surface area contributed by atoms with Gasteiger partial charge in [0.25, 0.3) is 0 Å². The minimum atomic E-state index is -0.933. The highest BCUT2D eigenvalue weighted by Crippen LogP contribution is 2.08. The average Bonchev–Trinajstić information content (AvgIpc) is 2.42. The Morgan fingerprint density at radius 2 is 1.90 bits per heavy atom. The highest BCUT2D eigenvalue weighted by Gasteiger charge is 2.16. The zero-order valence-corrected chi connectivity index (χ0v) is 13.3. The molecule has 0 aliphatic carbocycles. The summed E-state index contributed by atoms with van der Waals surface area (Å²) in [4.78, 5) is 22.5. The Bertz CT molecular complexity index is 452. The van der Waals surface area contributed by atoms with Crippen molar-refractivity contribution in [3.63, 3.8) is 0 Å². The number of aliphatic carboxylic acids is 1. The Morgan fingerprint density at radius 1 is 1.29 bits per heavy atom. The largest absolute Gasteiger partial charge is 0.480 e. The lowest BCUT2D eigenvalue weighted by molar-refractivity contribution is -0.139. The predicted octanol–water partition coefficient (Wildman–Crippen LogP) is 2.22. The minimum Gasteiger partial charge on any atom is -0.480 e. The number of carbonyl (C=O) groups is 2. The van der Waals surface area contributed by atoms with Gasteiger partial charge in [-0.15, -0.1) is 12.4 Å². The van der Waals surface area contributed by atoms with Gasteiger partial charge in [0.05, 0.1) is 6.54 Å². The molecule has 0 saturated heterocycles. The Hall–Kier alpha value is -1.30. The number of nitrogens with one attached hydrogen (secondary N) is 2. The van der Waals surface area contributed by atoms with E-state index in [9.17, 15) is 9.59 Å². The second kappa shape index (κ2) is 10.4. The van der Waals surface area contributed by atoms with Crippen molar-refractivity contribution in [1.82, 2.24) is 10.6 Å². The van der Waals surface area contributed by atoms with Crippen LogP contribution in [0.5, 0.6) is 0 Å². The van der Waals surface area contributed by atoms with Crippen molar-refractivity contribution in [2.45, 2.75) is 32.4 Å². The second-order valence-corrected chi connectivity index (χ2v) is 4.90. The van der Waals surface area contributed by atoms with Gasteiger partial charge in [-0.2, -0.15) is 0 Å². The maximum absolute atomic E-state index is 11.6. The van der Waals surface area contributed by atoms with Crippen molar-refractivity contribution in [3.05, 3.63) is 34.9 Å². The van der Waals surface area contributed by atoms with Crippen molar-refractivity contribution >= 4 is 35.9 Å². The van der Waals surface area contributed by atoms with Gasteiger partial charge < -0.3 is 10.4 Å². The number of carboxylic acid groups (broad SMARTS) is 1. The summed E-state index contributed by atoms with van der Waals surface area (Å²) < 4.78 is 0. The van der Waals surface area contributed by atoms with Gasteiger partial charge in [-0.05, 0) is 24.1 Å². The molecule has 0 aliphatic rings. The monoisotopic (exact) mass is 334 g/mol. The second-order valence-electron chi connectivity index (χ2n) is 4.46. The number of benzene rings is 1. The van der Waals surface area contributed by atoms with E-state index in [1.165, 1.54) is 0 Å². The number of carbonyl (C=O) groups excluding carboxylic acids is 1. The van der Waals surface area contributed by atoms with E-state index >= 15 is 0 Å². The Labute approximate surface area is 135 Å². The number of amides is 1. The van der Waals surface area contributed by atoms with E-state index in [4.69, 9.17) is 16.7 Å². The van der Waals surface area contributed by atoms with Crippen LogP contribution in [0, 0.1) is 0 Å². The first-order chi connectivity index (χ1) is 9.52. The third kappa shape index (κ3) is 7.90. The topological polar surface area (TPSA) is 78.4 Å². The SMILES string of the molecule is CCCC(NCC(=O)NCc1ccc(Cl)cc1)C(=O)O.Cl. The van der Waals surface area contributed by atoms with Crippen LogP contribution in [0.4, 0.5) is 0 Å². The molecule has 1 amide bonds. The number of rotatable bonds is 8. The van der Waals surface area contributed by atoms with Gasteiger partial charge in [0.1, 0.15) is 6.04 Å². The molecule has 5 nitrogen and oxygen atoms in total. The van der Waals surface area contributed by atoms with E-state index in [0.717, 1.165) is 12.0 Å². The smallest absolute Gasteiger partial charge is 0.320 e. The van der Waals surface area contributed by atoms with E-state index in [1.54, 1.807) is 12.1 Å². The third-order valence-electron chi connectivity index (χ3n) is 2.79. The van der Waals surface area contributed by atoms with E-state index in [2.05, 4.69) is 10.6 Å². The summed E-state index contributed by atoms with van der Waals surface area (Å²) in [7, 11) is 0. The molecule has 0 aliphatic heterocycles. The molecule has 0 spiro atoms. The molecule has 0 fully saturated rings. The van der Waals surface area contributed by atoms with Crippen LogP contribution < -0.4 is 10.6 Å². The zero-order valence-electron chi connectivity index (χ0n) is 11.8. The van der Waals surface area contributed by atoms with Gasteiger partial charge in [-0.3, -0.25) is 14.9 Å². The van der Waals surface area contributed by atoms with Crippen molar-refractivity contribution < 1.29 is 14.7 Å². The van der Waals surface area contributed by atoms with E-state index in [-0.39, 0.29) is 24.9 Å². The fourth-order valence-corrected chi connectivity index (χ4v) is 1.81. The van der Waals surface area contributed by atoms with Crippen molar-refractivity contribution in [1.29, 1.82) is 0 Å². The van der Waals surface area contributed by atoms with Gasteiger partial charge in [-0.1, -0.05) is 37.1 Å². The third-order valence-corrected chi connectivity index (χ3v) is 3.04. The van der Waals surface area contributed by atoms with Crippen molar-refractivity contribution in [3.8, 4) is 0 Å². The molecule has 0 bridgehead atoms. The van der Waals surface area contributed by atoms with Crippen molar-refractivity contribution in [2.75, 3.05) is 6.54 Å². The summed E-state index contributed by atoms with van der Waals surface area (Å²) in [5.41, 5.74) is 0.936. The summed E-state index contributed by atoms with van der Waals surface area (Å²) in [5, 5.41) is 15.0. The molecule has 0 saturated carbocycles. The molecule has 3 N–H and O–H groups in total. The summed E-state index contributed by atoms with van der Waals surface area (Å²) >= 11 is 5.77. The van der Waals surface area contributed by atoms with Crippen LogP contribution in [-0.4, -0.2) is 29.6 Å². The standard InChI is InChI=1S/C14H19ClN2O3.ClH/c1-2-3-12(14(19)20)16-9-13(18)17-8-10-4-6-11(15)7-5-10;/h4-7,12,16H,2-3,8-9H2,1H3,(H,17,18)(H,19,20);1H. The van der Waals surface area contributed by atoms with E-state index in [0.29, 0.717) is 18.0 Å². The maximum atomic E-state index is 11.6. The molecule has 0 aromatic heterocycles. The van der Waals surface area contributed by atoms with Gasteiger partial charge in [0.2, 0.25) is 5.91 Å². The summed E-state index contributed by atoms with van der Waals surface area (Å²) in [6, 6.07) is 6.48. The minimum absolute atomic E-state index is 0. The summed E-state index contributed by atoms with van der Waals surface area (Å²) in [5.74, 6) is -1.17.